The van der Waals surface area contributed by atoms with Gasteiger partial charge in [-0.2, -0.15) is 0 Å². The van der Waals surface area contributed by atoms with E-state index in [0.717, 1.165) is 10.2 Å². The lowest BCUT2D eigenvalue weighted by Crippen LogP contribution is -2.35. The SMILES string of the molecule is C#CC(CSc1cccc(Br)c1)NN. The van der Waals surface area contributed by atoms with Gasteiger partial charge in [-0.25, -0.2) is 5.43 Å². The van der Waals surface area contributed by atoms with Crippen molar-refractivity contribution in [2.24, 2.45) is 5.84 Å². The van der Waals surface area contributed by atoms with Gasteiger partial charge in [-0.3, -0.25) is 5.84 Å². The standard InChI is InChI=1S/C10H11BrN2S/c1-2-9(13-12)7-14-10-5-3-4-8(11)6-10/h1,3-6,9,13H,7,12H2. The van der Waals surface area contributed by atoms with Gasteiger partial charge in [-0.05, 0) is 18.2 Å². The zero-order chi connectivity index (χ0) is 10.4. The van der Waals surface area contributed by atoms with Crippen molar-refractivity contribution in [3.63, 3.8) is 0 Å². The van der Waals surface area contributed by atoms with Crippen LogP contribution in [0.3, 0.4) is 0 Å². The van der Waals surface area contributed by atoms with Crippen LogP contribution in [-0.4, -0.2) is 11.8 Å². The lowest BCUT2D eigenvalue weighted by molar-refractivity contribution is 0.694. The summed E-state index contributed by atoms with van der Waals surface area (Å²) in [5.74, 6) is 8.60. The highest BCUT2D eigenvalue weighted by Gasteiger charge is 2.02. The molecule has 0 radical (unpaired) electrons. The molecule has 2 nitrogen and oxygen atoms in total. The first-order valence-electron chi connectivity index (χ1n) is 4.07. The van der Waals surface area contributed by atoms with Crippen molar-refractivity contribution in [2.75, 3.05) is 5.75 Å². The van der Waals surface area contributed by atoms with Gasteiger partial charge in [0.2, 0.25) is 0 Å². The summed E-state index contributed by atoms with van der Waals surface area (Å²) in [6.45, 7) is 0. The minimum Gasteiger partial charge on any atom is -0.270 e. The Morgan fingerprint density at radius 1 is 1.64 bits per heavy atom. The van der Waals surface area contributed by atoms with Crippen LogP contribution in [0, 0.1) is 12.3 Å². The molecule has 0 saturated heterocycles. The van der Waals surface area contributed by atoms with Gasteiger partial charge in [0.1, 0.15) is 0 Å². The molecule has 0 aliphatic rings. The highest BCUT2D eigenvalue weighted by Crippen LogP contribution is 2.22. The van der Waals surface area contributed by atoms with Gasteiger partial charge < -0.3 is 0 Å². The van der Waals surface area contributed by atoms with E-state index >= 15 is 0 Å². The van der Waals surface area contributed by atoms with Gasteiger partial charge in [0, 0.05) is 15.1 Å². The Hall–Kier alpha value is -0.470. The zero-order valence-electron chi connectivity index (χ0n) is 7.53. The summed E-state index contributed by atoms with van der Waals surface area (Å²) in [7, 11) is 0. The lowest BCUT2D eigenvalue weighted by atomic mass is 10.4. The molecule has 0 saturated carbocycles. The summed E-state index contributed by atoms with van der Waals surface area (Å²) >= 11 is 5.09. The van der Waals surface area contributed by atoms with E-state index in [0.29, 0.717) is 0 Å². The van der Waals surface area contributed by atoms with Gasteiger partial charge in [-0.1, -0.05) is 27.9 Å². The van der Waals surface area contributed by atoms with E-state index in [-0.39, 0.29) is 6.04 Å². The van der Waals surface area contributed by atoms with Crippen molar-refractivity contribution in [1.29, 1.82) is 0 Å². The maximum absolute atomic E-state index is 5.26. The second-order valence-corrected chi connectivity index (χ2v) is 4.66. The molecule has 0 aliphatic carbocycles. The first kappa shape index (κ1) is 11.6. The van der Waals surface area contributed by atoms with Crippen LogP contribution in [0.1, 0.15) is 0 Å². The number of terminal acetylenes is 1. The van der Waals surface area contributed by atoms with Gasteiger partial charge >= 0.3 is 0 Å². The summed E-state index contributed by atoms with van der Waals surface area (Å²) in [6.07, 6.45) is 5.26. The van der Waals surface area contributed by atoms with Crippen LogP contribution in [-0.2, 0) is 0 Å². The monoisotopic (exact) mass is 270 g/mol. The number of thioether (sulfide) groups is 1. The predicted octanol–water partition coefficient (Wildman–Crippen LogP) is 2.01. The third-order valence-corrected chi connectivity index (χ3v) is 3.20. The fourth-order valence-electron chi connectivity index (χ4n) is 0.881. The fraction of sp³-hybridized carbons (Fsp3) is 0.200. The summed E-state index contributed by atoms with van der Waals surface area (Å²) < 4.78 is 1.07. The number of hydrazine groups is 1. The van der Waals surface area contributed by atoms with Crippen molar-refractivity contribution < 1.29 is 0 Å². The fourth-order valence-corrected chi connectivity index (χ4v) is 2.37. The van der Waals surface area contributed by atoms with Crippen LogP contribution in [0.15, 0.2) is 33.6 Å². The Balaban J connectivity index is 2.50. The van der Waals surface area contributed by atoms with Gasteiger partial charge in [0.15, 0.2) is 0 Å². The minimum absolute atomic E-state index is 0.0843. The molecule has 3 N–H and O–H groups in total. The maximum Gasteiger partial charge on any atom is 0.0908 e. The molecule has 0 fully saturated rings. The zero-order valence-corrected chi connectivity index (χ0v) is 9.94. The molecule has 1 unspecified atom stereocenters. The molecule has 14 heavy (non-hydrogen) atoms. The number of rotatable bonds is 4. The van der Waals surface area contributed by atoms with Crippen LogP contribution in [0.5, 0.6) is 0 Å². The Labute approximate surface area is 96.7 Å². The number of halogens is 1. The molecule has 1 aromatic carbocycles. The second kappa shape index (κ2) is 6.10. The molecule has 1 rings (SSSR count). The van der Waals surface area contributed by atoms with E-state index < -0.39 is 0 Å². The van der Waals surface area contributed by atoms with Crippen LogP contribution in [0.25, 0.3) is 0 Å². The molecular weight excluding hydrogens is 260 g/mol. The minimum atomic E-state index is -0.0843. The molecule has 0 amide bonds. The normalized spacial score (nSPS) is 12.1. The molecule has 0 bridgehead atoms. The number of hydrogen-bond donors (Lipinski definition) is 2. The lowest BCUT2D eigenvalue weighted by Gasteiger charge is -2.08. The predicted molar refractivity (Wildman–Crippen MR) is 64.8 cm³/mol. The third-order valence-electron chi connectivity index (χ3n) is 1.62. The van der Waals surface area contributed by atoms with Crippen LogP contribution in [0.4, 0.5) is 0 Å². The van der Waals surface area contributed by atoms with E-state index in [4.69, 9.17) is 12.3 Å². The maximum atomic E-state index is 5.26. The highest BCUT2D eigenvalue weighted by molar-refractivity contribution is 9.10. The average Bonchev–Trinajstić information content (AvgIpc) is 2.19. The third kappa shape index (κ3) is 3.72. The first-order valence-corrected chi connectivity index (χ1v) is 5.84. The Morgan fingerprint density at radius 3 is 3.00 bits per heavy atom. The number of nitrogens with two attached hydrogens (primary N) is 1. The molecule has 4 heteroatoms. The first-order chi connectivity index (χ1) is 6.76. The summed E-state index contributed by atoms with van der Waals surface area (Å²) in [5, 5.41) is 0. The van der Waals surface area contributed by atoms with E-state index in [9.17, 15) is 0 Å². The van der Waals surface area contributed by atoms with Crippen molar-refractivity contribution in [3.05, 3.63) is 28.7 Å². The van der Waals surface area contributed by atoms with Crippen LogP contribution < -0.4 is 11.3 Å². The molecule has 74 valence electrons. The van der Waals surface area contributed by atoms with E-state index in [1.807, 2.05) is 18.2 Å². The Kier molecular flexibility index (Phi) is 5.05. The number of nitrogens with one attached hydrogen (secondary N) is 1. The van der Waals surface area contributed by atoms with Crippen LogP contribution >= 0.6 is 27.7 Å². The Morgan fingerprint density at radius 2 is 2.43 bits per heavy atom. The summed E-state index contributed by atoms with van der Waals surface area (Å²) in [5.41, 5.74) is 2.57. The molecule has 0 aromatic heterocycles. The topological polar surface area (TPSA) is 38.0 Å². The molecule has 0 aliphatic heterocycles. The van der Waals surface area contributed by atoms with Gasteiger partial charge in [0.25, 0.3) is 0 Å². The second-order valence-electron chi connectivity index (χ2n) is 2.65. The van der Waals surface area contributed by atoms with E-state index in [1.165, 1.54) is 4.90 Å². The molecule has 1 aromatic rings. The van der Waals surface area contributed by atoms with Crippen molar-refractivity contribution in [1.82, 2.24) is 5.43 Å². The highest BCUT2D eigenvalue weighted by atomic mass is 79.9. The summed E-state index contributed by atoms with van der Waals surface area (Å²) in [4.78, 5) is 1.18. The number of hydrogen-bond acceptors (Lipinski definition) is 3. The molecule has 1 atom stereocenters. The Bertz CT molecular complexity index is 335. The van der Waals surface area contributed by atoms with E-state index in [1.54, 1.807) is 11.8 Å². The van der Waals surface area contributed by atoms with Gasteiger partial charge in [0.05, 0.1) is 6.04 Å². The summed E-state index contributed by atoms with van der Waals surface area (Å²) in [6, 6.07) is 7.99. The van der Waals surface area contributed by atoms with Crippen molar-refractivity contribution >= 4 is 27.7 Å². The average molecular weight is 271 g/mol. The molecule has 0 heterocycles. The van der Waals surface area contributed by atoms with Crippen molar-refractivity contribution in [2.45, 2.75) is 10.9 Å². The van der Waals surface area contributed by atoms with Crippen LogP contribution in [0.2, 0.25) is 0 Å². The number of benzene rings is 1. The molecule has 0 spiro atoms. The van der Waals surface area contributed by atoms with E-state index in [2.05, 4.69) is 33.3 Å². The smallest absolute Gasteiger partial charge is 0.0908 e. The largest absolute Gasteiger partial charge is 0.270 e. The quantitative estimate of drug-likeness (QED) is 0.381. The van der Waals surface area contributed by atoms with Gasteiger partial charge in [-0.15, -0.1) is 18.2 Å². The molecular formula is C10H11BrN2S. The van der Waals surface area contributed by atoms with Crippen molar-refractivity contribution in [3.8, 4) is 12.3 Å².